The third-order valence-electron chi connectivity index (χ3n) is 3.73. The van der Waals surface area contributed by atoms with E-state index in [0.29, 0.717) is 17.3 Å². The largest absolute Gasteiger partial charge is 0.496 e. The van der Waals surface area contributed by atoms with E-state index in [4.69, 9.17) is 13.9 Å². The van der Waals surface area contributed by atoms with Crippen LogP contribution in [0.1, 0.15) is 16.3 Å². The average molecular weight is 386 g/mol. The molecule has 2 aromatic carbocycles. The summed E-state index contributed by atoms with van der Waals surface area (Å²) in [5, 5.41) is 13.6. The lowest BCUT2D eigenvalue weighted by Gasteiger charge is -2.06. The van der Waals surface area contributed by atoms with Gasteiger partial charge in [-0.05, 0) is 48.5 Å². The van der Waals surface area contributed by atoms with Crippen LogP contribution in [0.25, 0.3) is 0 Å². The standard InChI is InChI=1S/C19H15FN2O6/c1-26-14-6-8-16(17(10-14)22(24)25)21-19(23)18-9-7-15(28-18)11-27-13-4-2-12(20)3-5-13/h2-10H,11H2,1H3,(H,21,23). The van der Waals surface area contributed by atoms with Crippen molar-refractivity contribution in [2.45, 2.75) is 6.61 Å². The number of nitro benzene ring substituents is 1. The number of carbonyl (C=O) groups excluding carboxylic acids is 1. The number of ether oxygens (including phenoxy) is 2. The Morgan fingerprint density at radius 3 is 2.54 bits per heavy atom. The summed E-state index contributed by atoms with van der Waals surface area (Å²) in [4.78, 5) is 22.9. The lowest BCUT2D eigenvalue weighted by molar-refractivity contribution is -0.384. The first-order chi connectivity index (χ1) is 13.5. The van der Waals surface area contributed by atoms with E-state index in [1.165, 1.54) is 55.6 Å². The number of amides is 1. The highest BCUT2D eigenvalue weighted by Crippen LogP contribution is 2.29. The molecule has 0 aliphatic rings. The Balaban J connectivity index is 1.67. The fourth-order valence-corrected chi connectivity index (χ4v) is 2.34. The first kappa shape index (κ1) is 18.9. The number of furan rings is 1. The zero-order chi connectivity index (χ0) is 20.1. The molecule has 0 atom stereocenters. The van der Waals surface area contributed by atoms with Gasteiger partial charge in [0.25, 0.3) is 11.6 Å². The summed E-state index contributed by atoms with van der Waals surface area (Å²) in [6, 6.07) is 12.5. The van der Waals surface area contributed by atoms with Crippen LogP contribution in [0.4, 0.5) is 15.8 Å². The van der Waals surface area contributed by atoms with Crippen LogP contribution in [0.3, 0.4) is 0 Å². The van der Waals surface area contributed by atoms with Crippen molar-refractivity contribution in [3.63, 3.8) is 0 Å². The highest BCUT2D eigenvalue weighted by molar-refractivity contribution is 6.03. The lowest BCUT2D eigenvalue weighted by Crippen LogP contribution is -2.12. The van der Waals surface area contributed by atoms with Gasteiger partial charge < -0.3 is 19.2 Å². The molecule has 144 valence electrons. The fourth-order valence-electron chi connectivity index (χ4n) is 2.34. The minimum absolute atomic E-state index is 0.0105. The normalized spacial score (nSPS) is 10.4. The van der Waals surface area contributed by atoms with Gasteiger partial charge in [-0.15, -0.1) is 0 Å². The number of halogens is 1. The number of rotatable bonds is 7. The number of nitrogens with one attached hydrogen (secondary N) is 1. The Morgan fingerprint density at radius 2 is 1.86 bits per heavy atom. The Kier molecular flexibility index (Phi) is 5.54. The maximum absolute atomic E-state index is 12.9. The third-order valence-corrected chi connectivity index (χ3v) is 3.73. The SMILES string of the molecule is COc1ccc(NC(=O)c2ccc(COc3ccc(F)cc3)o2)c([N+](=O)[O-])c1. The molecule has 0 spiro atoms. The van der Waals surface area contributed by atoms with E-state index < -0.39 is 10.8 Å². The highest BCUT2D eigenvalue weighted by Gasteiger charge is 2.19. The van der Waals surface area contributed by atoms with Crippen LogP contribution in [-0.2, 0) is 6.61 Å². The van der Waals surface area contributed by atoms with Crippen molar-refractivity contribution in [1.82, 2.24) is 0 Å². The molecule has 1 N–H and O–H groups in total. The Hall–Kier alpha value is -3.88. The smallest absolute Gasteiger partial charge is 0.296 e. The zero-order valence-corrected chi connectivity index (χ0v) is 14.7. The summed E-state index contributed by atoms with van der Waals surface area (Å²) < 4.78 is 28.7. The monoisotopic (exact) mass is 386 g/mol. The summed E-state index contributed by atoms with van der Waals surface area (Å²) in [5.74, 6) is 0.0281. The van der Waals surface area contributed by atoms with E-state index in [-0.39, 0.29) is 29.6 Å². The molecular weight excluding hydrogens is 371 g/mol. The van der Waals surface area contributed by atoms with Gasteiger partial charge in [0.15, 0.2) is 5.76 Å². The lowest BCUT2D eigenvalue weighted by atomic mass is 10.2. The Bertz CT molecular complexity index is 1000. The van der Waals surface area contributed by atoms with Crippen LogP contribution >= 0.6 is 0 Å². The molecule has 0 aliphatic carbocycles. The van der Waals surface area contributed by atoms with Crippen molar-refractivity contribution in [3.8, 4) is 11.5 Å². The molecule has 0 unspecified atom stereocenters. The molecule has 0 radical (unpaired) electrons. The summed E-state index contributed by atoms with van der Waals surface area (Å²) in [7, 11) is 1.38. The van der Waals surface area contributed by atoms with Crippen LogP contribution in [0.5, 0.6) is 11.5 Å². The number of methoxy groups -OCH3 is 1. The molecule has 0 saturated carbocycles. The highest BCUT2D eigenvalue weighted by atomic mass is 19.1. The van der Waals surface area contributed by atoms with Crippen LogP contribution in [0, 0.1) is 15.9 Å². The van der Waals surface area contributed by atoms with Crippen LogP contribution < -0.4 is 14.8 Å². The van der Waals surface area contributed by atoms with Crippen molar-refractivity contribution in [2.75, 3.05) is 12.4 Å². The second-order valence-corrected chi connectivity index (χ2v) is 5.60. The Morgan fingerprint density at radius 1 is 1.14 bits per heavy atom. The molecule has 3 aromatic rings. The fraction of sp³-hybridized carbons (Fsp3) is 0.105. The molecule has 3 rings (SSSR count). The average Bonchev–Trinajstić information content (AvgIpc) is 3.17. The van der Waals surface area contributed by atoms with Crippen LogP contribution in [-0.4, -0.2) is 17.9 Å². The molecule has 0 bridgehead atoms. The number of carbonyl (C=O) groups is 1. The van der Waals surface area contributed by atoms with Gasteiger partial charge in [0.1, 0.15) is 35.4 Å². The van der Waals surface area contributed by atoms with Crippen molar-refractivity contribution < 1.29 is 28.0 Å². The van der Waals surface area contributed by atoms with Gasteiger partial charge in [0.05, 0.1) is 18.1 Å². The third kappa shape index (κ3) is 4.44. The summed E-state index contributed by atoms with van der Waals surface area (Å²) in [6.45, 7) is 0.0294. The number of nitrogens with zero attached hydrogens (tertiary/aromatic N) is 1. The second kappa shape index (κ2) is 8.21. The maximum atomic E-state index is 12.9. The molecule has 28 heavy (non-hydrogen) atoms. The first-order valence-corrected chi connectivity index (χ1v) is 8.07. The molecular formula is C19H15FN2O6. The second-order valence-electron chi connectivity index (χ2n) is 5.60. The van der Waals surface area contributed by atoms with Crippen molar-refractivity contribution in [1.29, 1.82) is 0 Å². The number of hydrogen-bond donors (Lipinski definition) is 1. The molecule has 1 aromatic heterocycles. The molecule has 8 nitrogen and oxygen atoms in total. The van der Waals surface area contributed by atoms with E-state index >= 15 is 0 Å². The minimum atomic E-state index is -0.652. The van der Waals surface area contributed by atoms with E-state index in [1.54, 1.807) is 6.07 Å². The van der Waals surface area contributed by atoms with Gasteiger partial charge in [-0.2, -0.15) is 0 Å². The molecule has 1 amide bonds. The Labute approximate surface area is 158 Å². The molecule has 1 heterocycles. The molecule has 0 saturated heterocycles. The van der Waals surface area contributed by atoms with Crippen LogP contribution in [0.2, 0.25) is 0 Å². The van der Waals surface area contributed by atoms with E-state index in [1.807, 2.05) is 0 Å². The number of hydrogen-bond acceptors (Lipinski definition) is 6. The van der Waals surface area contributed by atoms with Crippen molar-refractivity contribution in [3.05, 3.63) is 82.0 Å². The number of nitro groups is 1. The van der Waals surface area contributed by atoms with E-state index in [9.17, 15) is 19.3 Å². The predicted octanol–water partition coefficient (Wildman–Crippen LogP) is 4.17. The van der Waals surface area contributed by atoms with Crippen molar-refractivity contribution >= 4 is 17.3 Å². The predicted molar refractivity (Wildman–Crippen MR) is 97.0 cm³/mol. The van der Waals surface area contributed by atoms with Gasteiger partial charge in [0, 0.05) is 0 Å². The van der Waals surface area contributed by atoms with Gasteiger partial charge in [-0.1, -0.05) is 0 Å². The first-order valence-electron chi connectivity index (χ1n) is 8.07. The molecule has 9 heteroatoms. The zero-order valence-electron chi connectivity index (χ0n) is 14.7. The summed E-state index contributed by atoms with van der Waals surface area (Å²) >= 11 is 0. The molecule has 0 fully saturated rings. The summed E-state index contributed by atoms with van der Waals surface area (Å²) in [6.07, 6.45) is 0. The molecule has 0 aliphatic heterocycles. The van der Waals surface area contributed by atoms with Crippen molar-refractivity contribution in [2.24, 2.45) is 0 Å². The van der Waals surface area contributed by atoms with Gasteiger partial charge in [0.2, 0.25) is 0 Å². The topological polar surface area (TPSA) is 104 Å². The number of benzene rings is 2. The maximum Gasteiger partial charge on any atom is 0.296 e. The number of anilines is 1. The van der Waals surface area contributed by atoms with Crippen LogP contribution in [0.15, 0.2) is 59.0 Å². The van der Waals surface area contributed by atoms with Gasteiger partial charge in [-0.3, -0.25) is 14.9 Å². The van der Waals surface area contributed by atoms with E-state index in [0.717, 1.165) is 0 Å². The summed E-state index contributed by atoms with van der Waals surface area (Å²) in [5.41, 5.74) is -0.296. The van der Waals surface area contributed by atoms with Gasteiger partial charge in [-0.25, -0.2) is 4.39 Å². The quantitative estimate of drug-likeness (QED) is 0.483. The van der Waals surface area contributed by atoms with E-state index in [2.05, 4.69) is 5.32 Å². The van der Waals surface area contributed by atoms with Gasteiger partial charge >= 0.3 is 0 Å². The minimum Gasteiger partial charge on any atom is -0.496 e.